The summed E-state index contributed by atoms with van der Waals surface area (Å²) in [5.74, 6) is -0.205. The molecule has 1 aromatic carbocycles. The SMILES string of the molecule is CC1(N)CCN(CCc2c(F)cccc2Cl)CC1. The zero-order valence-corrected chi connectivity index (χ0v) is 11.5. The van der Waals surface area contributed by atoms with Gasteiger partial charge in [-0.05, 0) is 51.4 Å². The van der Waals surface area contributed by atoms with Crippen molar-refractivity contribution in [2.45, 2.75) is 31.7 Å². The van der Waals surface area contributed by atoms with Gasteiger partial charge in [0.25, 0.3) is 0 Å². The van der Waals surface area contributed by atoms with Crippen molar-refractivity contribution < 1.29 is 4.39 Å². The molecule has 1 saturated heterocycles. The molecule has 1 heterocycles. The van der Waals surface area contributed by atoms with Crippen LogP contribution in [0.1, 0.15) is 25.3 Å². The molecule has 0 atom stereocenters. The number of nitrogens with zero attached hydrogens (tertiary/aromatic N) is 1. The highest BCUT2D eigenvalue weighted by atomic mass is 35.5. The summed E-state index contributed by atoms with van der Waals surface area (Å²) in [6.07, 6.45) is 2.66. The van der Waals surface area contributed by atoms with Gasteiger partial charge in [-0.25, -0.2) is 4.39 Å². The van der Waals surface area contributed by atoms with Crippen LogP contribution >= 0.6 is 11.6 Å². The van der Waals surface area contributed by atoms with Crippen molar-refractivity contribution in [2.24, 2.45) is 5.73 Å². The van der Waals surface area contributed by atoms with Crippen molar-refractivity contribution in [1.82, 2.24) is 4.90 Å². The van der Waals surface area contributed by atoms with Gasteiger partial charge in [-0.3, -0.25) is 0 Å². The van der Waals surface area contributed by atoms with E-state index in [2.05, 4.69) is 11.8 Å². The van der Waals surface area contributed by atoms with Gasteiger partial charge in [-0.15, -0.1) is 0 Å². The predicted octanol–water partition coefficient (Wildman–Crippen LogP) is 2.83. The van der Waals surface area contributed by atoms with Crippen LogP contribution in [0.4, 0.5) is 4.39 Å². The summed E-state index contributed by atoms with van der Waals surface area (Å²) in [4.78, 5) is 2.33. The number of piperidine rings is 1. The fourth-order valence-electron chi connectivity index (χ4n) is 2.33. The van der Waals surface area contributed by atoms with Crippen molar-refractivity contribution in [2.75, 3.05) is 19.6 Å². The second kappa shape index (κ2) is 5.55. The lowest BCUT2D eigenvalue weighted by atomic mass is 9.91. The summed E-state index contributed by atoms with van der Waals surface area (Å²) < 4.78 is 13.6. The largest absolute Gasteiger partial charge is 0.325 e. The molecule has 100 valence electrons. The number of rotatable bonds is 3. The Bertz CT molecular complexity index is 390. The monoisotopic (exact) mass is 270 g/mol. The first-order chi connectivity index (χ1) is 8.48. The highest BCUT2D eigenvalue weighted by molar-refractivity contribution is 6.31. The Morgan fingerprint density at radius 1 is 1.39 bits per heavy atom. The van der Waals surface area contributed by atoms with Crippen molar-refractivity contribution in [1.29, 1.82) is 0 Å². The summed E-state index contributed by atoms with van der Waals surface area (Å²) in [5, 5.41) is 0.524. The third kappa shape index (κ3) is 3.44. The highest BCUT2D eigenvalue weighted by Gasteiger charge is 2.25. The van der Waals surface area contributed by atoms with Gasteiger partial charge in [-0.2, -0.15) is 0 Å². The molecule has 2 nitrogen and oxygen atoms in total. The van der Waals surface area contributed by atoms with Gasteiger partial charge in [0.2, 0.25) is 0 Å². The van der Waals surface area contributed by atoms with Crippen LogP contribution in [0.5, 0.6) is 0 Å². The number of halogens is 2. The van der Waals surface area contributed by atoms with E-state index in [-0.39, 0.29) is 11.4 Å². The molecular weight excluding hydrogens is 251 g/mol. The van der Waals surface area contributed by atoms with E-state index < -0.39 is 0 Å². The Morgan fingerprint density at radius 3 is 2.67 bits per heavy atom. The summed E-state index contributed by atoms with van der Waals surface area (Å²) in [6.45, 7) is 4.91. The maximum absolute atomic E-state index is 13.6. The molecular formula is C14H20ClFN2. The van der Waals surface area contributed by atoms with Crippen molar-refractivity contribution in [3.05, 3.63) is 34.6 Å². The van der Waals surface area contributed by atoms with Gasteiger partial charge in [0.15, 0.2) is 0 Å². The Balaban J connectivity index is 1.89. The van der Waals surface area contributed by atoms with Crippen molar-refractivity contribution >= 4 is 11.6 Å². The van der Waals surface area contributed by atoms with Crippen LogP contribution in [0.25, 0.3) is 0 Å². The molecule has 0 saturated carbocycles. The molecule has 1 aliphatic heterocycles. The minimum atomic E-state index is -0.205. The third-order valence-electron chi connectivity index (χ3n) is 3.74. The van der Waals surface area contributed by atoms with Gasteiger partial charge in [0, 0.05) is 22.7 Å². The van der Waals surface area contributed by atoms with Gasteiger partial charge < -0.3 is 10.6 Å². The standard InChI is InChI=1S/C14H20ClFN2/c1-14(17)6-9-18(10-7-14)8-5-11-12(15)3-2-4-13(11)16/h2-4H,5-10,17H2,1H3. The number of hydrogen-bond acceptors (Lipinski definition) is 2. The van der Waals surface area contributed by atoms with Crippen LogP contribution in [0.2, 0.25) is 5.02 Å². The normalized spacial score (nSPS) is 20.0. The van der Waals surface area contributed by atoms with Gasteiger partial charge in [-0.1, -0.05) is 17.7 Å². The molecule has 1 aliphatic rings. The Hall–Kier alpha value is -0.640. The van der Waals surface area contributed by atoms with Crippen LogP contribution in [0.3, 0.4) is 0 Å². The van der Waals surface area contributed by atoms with E-state index in [9.17, 15) is 4.39 Å². The zero-order chi connectivity index (χ0) is 13.2. The molecule has 0 spiro atoms. The fraction of sp³-hybridized carbons (Fsp3) is 0.571. The van der Waals surface area contributed by atoms with Crippen LogP contribution in [-0.2, 0) is 6.42 Å². The van der Waals surface area contributed by atoms with E-state index in [0.717, 1.165) is 32.5 Å². The van der Waals surface area contributed by atoms with Crippen molar-refractivity contribution in [3.63, 3.8) is 0 Å². The summed E-state index contributed by atoms with van der Waals surface area (Å²) in [6, 6.07) is 4.85. The van der Waals surface area contributed by atoms with E-state index in [1.54, 1.807) is 12.1 Å². The maximum Gasteiger partial charge on any atom is 0.127 e. The summed E-state index contributed by atoms with van der Waals surface area (Å²) in [7, 11) is 0. The van der Waals surface area contributed by atoms with E-state index in [4.69, 9.17) is 17.3 Å². The smallest absolute Gasteiger partial charge is 0.127 e. The average Bonchev–Trinajstić information content (AvgIpc) is 2.30. The van der Waals surface area contributed by atoms with Gasteiger partial charge in [0.1, 0.15) is 5.82 Å². The predicted molar refractivity (Wildman–Crippen MR) is 73.4 cm³/mol. The summed E-state index contributed by atoms with van der Waals surface area (Å²) >= 11 is 6.01. The number of hydrogen-bond donors (Lipinski definition) is 1. The molecule has 2 N–H and O–H groups in total. The van der Waals surface area contributed by atoms with E-state index >= 15 is 0 Å². The first kappa shape index (κ1) is 13.8. The Kier molecular flexibility index (Phi) is 4.25. The second-order valence-electron chi connectivity index (χ2n) is 5.45. The first-order valence-corrected chi connectivity index (χ1v) is 6.80. The second-order valence-corrected chi connectivity index (χ2v) is 5.85. The van der Waals surface area contributed by atoms with Crippen LogP contribution in [-0.4, -0.2) is 30.1 Å². The molecule has 0 amide bonds. The molecule has 0 radical (unpaired) electrons. The lowest BCUT2D eigenvalue weighted by Crippen LogP contribution is -2.48. The van der Waals surface area contributed by atoms with Crippen LogP contribution < -0.4 is 5.73 Å². The molecule has 2 rings (SSSR count). The molecule has 1 aromatic rings. The average molecular weight is 271 g/mol. The van der Waals surface area contributed by atoms with E-state index in [0.29, 0.717) is 17.0 Å². The maximum atomic E-state index is 13.6. The fourth-order valence-corrected chi connectivity index (χ4v) is 2.59. The summed E-state index contributed by atoms with van der Waals surface area (Å²) in [5.41, 5.74) is 6.68. The minimum Gasteiger partial charge on any atom is -0.325 e. The lowest BCUT2D eigenvalue weighted by molar-refractivity contribution is 0.173. The molecule has 18 heavy (non-hydrogen) atoms. The Labute approximate surface area is 113 Å². The third-order valence-corrected chi connectivity index (χ3v) is 4.09. The van der Waals surface area contributed by atoms with E-state index in [1.807, 2.05) is 0 Å². The van der Waals surface area contributed by atoms with Crippen LogP contribution in [0, 0.1) is 5.82 Å². The Morgan fingerprint density at radius 2 is 2.06 bits per heavy atom. The number of benzene rings is 1. The first-order valence-electron chi connectivity index (χ1n) is 6.42. The molecule has 0 aliphatic carbocycles. The number of nitrogens with two attached hydrogens (primary N) is 1. The van der Waals surface area contributed by atoms with Crippen molar-refractivity contribution in [3.8, 4) is 0 Å². The quantitative estimate of drug-likeness (QED) is 0.915. The van der Waals surface area contributed by atoms with Gasteiger partial charge >= 0.3 is 0 Å². The van der Waals surface area contributed by atoms with Crippen LogP contribution in [0.15, 0.2) is 18.2 Å². The zero-order valence-electron chi connectivity index (χ0n) is 10.8. The highest BCUT2D eigenvalue weighted by Crippen LogP contribution is 2.22. The van der Waals surface area contributed by atoms with Gasteiger partial charge in [0.05, 0.1) is 0 Å². The minimum absolute atomic E-state index is 0.0356. The molecule has 4 heteroatoms. The molecule has 0 bridgehead atoms. The van der Waals surface area contributed by atoms with E-state index in [1.165, 1.54) is 6.07 Å². The lowest BCUT2D eigenvalue weighted by Gasteiger charge is -2.36. The topological polar surface area (TPSA) is 29.3 Å². The number of likely N-dealkylation sites (tertiary alicyclic amines) is 1. The molecule has 0 unspecified atom stereocenters. The molecule has 1 fully saturated rings. The molecule has 0 aromatic heterocycles.